The Labute approximate surface area is 81.9 Å². The van der Waals surface area contributed by atoms with Crippen LogP contribution < -0.4 is 0 Å². The quantitative estimate of drug-likeness (QED) is 0.375. The third-order valence-corrected chi connectivity index (χ3v) is 2.60. The van der Waals surface area contributed by atoms with Gasteiger partial charge in [-0.05, 0) is 19.3 Å². The standard InChI is InChI=1S/C10H12N2O2/c1-12-5-8-9(11-12)4-2-3-7(6-13)10(8)14/h5-7H,2-4H2,1H3. The molecule has 0 aliphatic heterocycles. The second kappa shape index (κ2) is 3.36. The number of rotatable bonds is 1. The second-order valence-electron chi connectivity index (χ2n) is 3.66. The Morgan fingerprint density at radius 2 is 2.43 bits per heavy atom. The van der Waals surface area contributed by atoms with Crippen LogP contribution >= 0.6 is 0 Å². The fourth-order valence-corrected chi connectivity index (χ4v) is 1.88. The predicted octanol–water partition coefficient (Wildman–Crippen LogP) is 0.754. The molecule has 0 N–H and O–H groups in total. The smallest absolute Gasteiger partial charge is 0.176 e. The number of carbonyl (C=O) groups excluding carboxylic acids is 2. The van der Waals surface area contributed by atoms with Gasteiger partial charge in [-0.25, -0.2) is 0 Å². The van der Waals surface area contributed by atoms with Crippen molar-refractivity contribution >= 4 is 12.1 Å². The molecule has 1 unspecified atom stereocenters. The van der Waals surface area contributed by atoms with Gasteiger partial charge in [0, 0.05) is 13.2 Å². The average Bonchev–Trinajstić information content (AvgIpc) is 2.47. The summed E-state index contributed by atoms with van der Waals surface area (Å²) in [6.45, 7) is 0. The fraction of sp³-hybridized carbons (Fsp3) is 0.500. The summed E-state index contributed by atoms with van der Waals surface area (Å²) < 4.78 is 1.63. The first-order chi connectivity index (χ1) is 6.72. The SMILES string of the molecule is Cn1cc2c(n1)CCCC(C=O)C2=O. The zero-order valence-corrected chi connectivity index (χ0v) is 8.06. The minimum atomic E-state index is -0.458. The first-order valence-electron chi connectivity index (χ1n) is 4.74. The van der Waals surface area contributed by atoms with Gasteiger partial charge in [0.15, 0.2) is 5.78 Å². The Morgan fingerprint density at radius 3 is 3.14 bits per heavy atom. The van der Waals surface area contributed by atoms with Gasteiger partial charge >= 0.3 is 0 Å². The molecule has 0 bridgehead atoms. The van der Waals surface area contributed by atoms with Crippen molar-refractivity contribution in [3.63, 3.8) is 0 Å². The van der Waals surface area contributed by atoms with Crippen molar-refractivity contribution in [1.29, 1.82) is 0 Å². The highest BCUT2D eigenvalue weighted by molar-refractivity contribution is 6.06. The lowest BCUT2D eigenvalue weighted by Gasteiger charge is -2.02. The van der Waals surface area contributed by atoms with E-state index >= 15 is 0 Å². The molecule has 0 spiro atoms. The van der Waals surface area contributed by atoms with Gasteiger partial charge in [0.2, 0.25) is 0 Å². The van der Waals surface area contributed by atoms with E-state index in [0.29, 0.717) is 12.0 Å². The number of aromatic nitrogens is 2. The summed E-state index contributed by atoms with van der Waals surface area (Å²) in [6.07, 6.45) is 4.78. The van der Waals surface area contributed by atoms with E-state index in [-0.39, 0.29) is 5.78 Å². The fourth-order valence-electron chi connectivity index (χ4n) is 1.88. The molecule has 14 heavy (non-hydrogen) atoms. The van der Waals surface area contributed by atoms with Gasteiger partial charge in [0.1, 0.15) is 6.29 Å². The molecule has 0 amide bonds. The van der Waals surface area contributed by atoms with Crippen LogP contribution in [0.2, 0.25) is 0 Å². The molecule has 4 heteroatoms. The van der Waals surface area contributed by atoms with Crippen LogP contribution in [0.5, 0.6) is 0 Å². The highest BCUT2D eigenvalue weighted by Crippen LogP contribution is 2.22. The molecule has 0 aromatic carbocycles. The van der Waals surface area contributed by atoms with E-state index in [1.54, 1.807) is 17.9 Å². The average molecular weight is 192 g/mol. The molecule has 1 aromatic rings. The minimum Gasteiger partial charge on any atom is -0.303 e. The van der Waals surface area contributed by atoms with E-state index in [2.05, 4.69) is 5.10 Å². The highest BCUT2D eigenvalue weighted by Gasteiger charge is 2.26. The van der Waals surface area contributed by atoms with Crippen LogP contribution in [0.3, 0.4) is 0 Å². The van der Waals surface area contributed by atoms with Crippen LogP contribution in [0.1, 0.15) is 28.9 Å². The maximum Gasteiger partial charge on any atom is 0.176 e. The number of aldehydes is 1. The molecule has 1 heterocycles. The van der Waals surface area contributed by atoms with Crippen LogP contribution in [0, 0.1) is 5.92 Å². The lowest BCUT2D eigenvalue weighted by atomic mass is 9.99. The van der Waals surface area contributed by atoms with Gasteiger partial charge in [0.25, 0.3) is 0 Å². The third kappa shape index (κ3) is 1.36. The maximum absolute atomic E-state index is 11.8. The zero-order chi connectivity index (χ0) is 10.1. The zero-order valence-electron chi connectivity index (χ0n) is 8.06. The Balaban J connectivity index is 2.43. The lowest BCUT2D eigenvalue weighted by Crippen LogP contribution is -2.14. The van der Waals surface area contributed by atoms with Gasteiger partial charge < -0.3 is 4.79 Å². The van der Waals surface area contributed by atoms with E-state index in [4.69, 9.17) is 0 Å². The second-order valence-corrected chi connectivity index (χ2v) is 3.66. The number of ketones is 1. The Kier molecular flexibility index (Phi) is 2.19. The highest BCUT2D eigenvalue weighted by atomic mass is 16.1. The first-order valence-corrected chi connectivity index (χ1v) is 4.74. The molecule has 1 aromatic heterocycles. The molecule has 74 valence electrons. The number of hydrogen-bond acceptors (Lipinski definition) is 3. The maximum atomic E-state index is 11.8. The third-order valence-electron chi connectivity index (χ3n) is 2.60. The predicted molar refractivity (Wildman–Crippen MR) is 50.0 cm³/mol. The Bertz CT molecular complexity index is 381. The van der Waals surface area contributed by atoms with E-state index < -0.39 is 5.92 Å². The van der Waals surface area contributed by atoms with Crippen LogP contribution in [-0.4, -0.2) is 21.8 Å². The largest absolute Gasteiger partial charge is 0.303 e. The summed E-state index contributed by atoms with van der Waals surface area (Å²) in [5, 5.41) is 4.21. The molecule has 0 fully saturated rings. The molecule has 2 rings (SSSR count). The normalized spacial score (nSPS) is 21.5. The first kappa shape index (κ1) is 9.12. The number of fused-ring (bicyclic) bond motifs is 1. The van der Waals surface area contributed by atoms with Crippen molar-refractivity contribution in [2.45, 2.75) is 19.3 Å². The summed E-state index contributed by atoms with van der Waals surface area (Å²) >= 11 is 0. The van der Waals surface area contributed by atoms with Gasteiger partial charge in [0.05, 0.1) is 17.2 Å². The van der Waals surface area contributed by atoms with Crippen molar-refractivity contribution in [1.82, 2.24) is 9.78 Å². The summed E-state index contributed by atoms with van der Waals surface area (Å²) in [5.41, 5.74) is 1.46. The molecule has 1 aliphatic rings. The van der Waals surface area contributed by atoms with Crippen LogP contribution in [0.15, 0.2) is 6.20 Å². The summed E-state index contributed by atoms with van der Waals surface area (Å²) in [6, 6.07) is 0. The van der Waals surface area contributed by atoms with Crippen LogP contribution in [0.25, 0.3) is 0 Å². The van der Waals surface area contributed by atoms with E-state index in [9.17, 15) is 9.59 Å². The van der Waals surface area contributed by atoms with Crippen molar-refractivity contribution < 1.29 is 9.59 Å². The van der Waals surface area contributed by atoms with Crippen molar-refractivity contribution in [3.8, 4) is 0 Å². The minimum absolute atomic E-state index is 0.0689. The van der Waals surface area contributed by atoms with Gasteiger partial charge in [-0.1, -0.05) is 0 Å². The molecule has 1 atom stereocenters. The summed E-state index contributed by atoms with van der Waals surface area (Å²) in [5.74, 6) is -0.527. The molecule has 0 saturated carbocycles. The topological polar surface area (TPSA) is 52.0 Å². The van der Waals surface area contributed by atoms with Crippen molar-refractivity contribution in [2.24, 2.45) is 13.0 Å². The Hall–Kier alpha value is -1.45. The van der Waals surface area contributed by atoms with Gasteiger partial charge in [-0.3, -0.25) is 9.48 Å². The van der Waals surface area contributed by atoms with E-state index in [0.717, 1.165) is 24.8 Å². The van der Waals surface area contributed by atoms with Gasteiger partial charge in [-0.2, -0.15) is 5.10 Å². The molecule has 4 nitrogen and oxygen atoms in total. The monoisotopic (exact) mass is 192 g/mol. The molecule has 0 saturated heterocycles. The number of hydrogen-bond donors (Lipinski definition) is 0. The molecule has 1 aliphatic carbocycles. The van der Waals surface area contributed by atoms with Gasteiger partial charge in [-0.15, -0.1) is 0 Å². The Morgan fingerprint density at radius 1 is 1.64 bits per heavy atom. The number of Topliss-reactive ketones (excluding diaryl/α,β-unsaturated/α-hetero) is 1. The van der Waals surface area contributed by atoms with Crippen LogP contribution in [-0.2, 0) is 18.3 Å². The molecular weight excluding hydrogens is 180 g/mol. The van der Waals surface area contributed by atoms with E-state index in [1.807, 2.05) is 0 Å². The van der Waals surface area contributed by atoms with Crippen LogP contribution in [0.4, 0.5) is 0 Å². The lowest BCUT2D eigenvalue weighted by molar-refractivity contribution is -0.110. The van der Waals surface area contributed by atoms with Crippen molar-refractivity contribution in [3.05, 3.63) is 17.5 Å². The van der Waals surface area contributed by atoms with Crippen molar-refractivity contribution in [2.75, 3.05) is 0 Å². The number of carbonyl (C=O) groups is 2. The summed E-state index contributed by atoms with van der Waals surface area (Å²) in [4.78, 5) is 22.5. The van der Waals surface area contributed by atoms with E-state index in [1.165, 1.54) is 0 Å². The molecule has 0 radical (unpaired) electrons. The summed E-state index contributed by atoms with van der Waals surface area (Å²) in [7, 11) is 1.79. The molecular formula is C10H12N2O2. The number of aryl methyl sites for hydroxylation is 2. The number of nitrogens with zero attached hydrogens (tertiary/aromatic N) is 2.